The molecule has 0 bridgehead atoms. The van der Waals surface area contributed by atoms with Gasteiger partial charge in [0, 0.05) is 16.9 Å². The lowest BCUT2D eigenvalue weighted by Gasteiger charge is -1.95. The van der Waals surface area contributed by atoms with Crippen molar-refractivity contribution in [1.82, 2.24) is 10.1 Å². The molecule has 0 aromatic carbocycles. The molecule has 6 heteroatoms. The summed E-state index contributed by atoms with van der Waals surface area (Å²) in [4.78, 5) is 5.89. The zero-order valence-electron chi connectivity index (χ0n) is 12.0. The molecule has 3 aromatic heterocycles. The minimum absolute atomic E-state index is 0.598. The molecule has 21 heavy (non-hydrogen) atoms. The number of thiazole rings is 1. The topological polar surface area (TPSA) is 78.1 Å². The highest BCUT2D eigenvalue weighted by molar-refractivity contribution is 7.12. The van der Waals surface area contributed by atoms with Gasteiger partial charge in [-0.3, -0.25) is 0 Å². The molecule has 3 rings (SSSR count). The Hall–Kier alpha value is -1.92. The van der Waals surface area contributed by atoms with Gasteiger partial charge in [0.25, 0.3) is 0 Å². The molecule has 0 aliphatic carbocycles. The number of nitrogens with zero attached hydrogens (tertiary/aromatic N) is 2. The maximum atomic E-state index is 5.70. The summed E-state index contributed by atoms with van der Waals surface area (Å²) in [5.41, 5.74) is 8.62. The third-order valence-corrected chi connectivity index (χ3v) is 4.49. The molecule has 0 atom stereocenters. The minimum atomic E-state index is 0.598. The van der Waals surface area contributed by atoms with Crippen LogP contribution in [0.5, 0.6) is 0 Å². The second-order valence-electron chi connectivity index (χ2n) is 4.87. The molecule has 5 nitrogen and oxygen atoms in total. The molecular formula is C15H17N3O2S. The number of furan rings is 1. The van der Waals surface area contributed by atoms with Crippen LogP contribution in [0.25, 0.3) is 11.5 Å². The standard InChI is InChI=1S/C15H17N3O2S/c1-9-11(10(2)20-18-9)8-14-17-15(12-4-3-7-19-12)13(21-14)5-6-16/h3-4,7H,5-6,8,16H2,1-2H3. The Balaban J connectivity index is 1.95. The van der Waals surface area contributed by atoms with Gasteiger partial charge in [-0.1, -0.05) is 5.16 Å². The Bertz CT molecular complexity index is 709. The second kappa shape index (κ2) is 5.83. The van der Waals surface area contributed by atoms with Crippen LogP contribution in [0.2, 0.25) is 0 Å². The first-order valence-electron chi connectivity index (χ1n) is 6.83. The Morgan fingerprint density at radius 1 is 1.33 bits per heavy atom. The third kappa shape index (κ3) is 2.77. The van der Waals surface area contributed by atoms with E-state index in [9.17, 15) is 0 Å². The Kier molecular flexibility index (Phi) is 3.90. The van der Waals surface area contributed by atoms with E-state index in [1.54, 1.807) is 17.6 Å². The summed E-state index contributed by atoms with van der Waals surface area (Å²) < 4.78 is 10.7. The number of hydrogen-bond donors (Lipinski definition) is 1. The van der Waals surface area contributed by atoms with Gasteiger partial charge in [0.1, 0.15) is 11.5 Å². The maximum Gasteiger partial charge on any atom is 0.153 e. The number of aromatic nitrogens is 2. The van der Waals surface area contributed by atoms with Gasteiger partial charge in [-0.2, -0.15) is 0 Å². The van der Waals surface area contributed by atoms with Gasteiger partial charge in [-0.15, -0.1) is 11.3 Å². The summed E-state index contributed by atoms with van der Waals surface area (Å²) >= 11 is 1.68. The molecule has 0 aliphatic heterocycles. The van der Waals surface area contributed by atoms with Gasteiger partial charge < -0.3 is 14.7 Å². The highest BCUT2D eigenvalue weighted by Gasteiger charge is 2.17. The number of rotatable bonds is 5. The smallest absolute Gasteiger partial charge is 0.153 e. The van der Waals surface area contributed by atoms with Crippen LogP contribution in [0.15, 0.2) is 27.3 Å². The average molecular weight is 303 g/mol. The Labute approximate surface area is 126 Å². The lowest BCUT2D eigenvalue weighted by atomic mass is 10.1. The van der Waals surface area contributed by atoms with Crippen LogP contribution in [0.4, 0.5) is 0 Å². The highest BCUT2D eigenvalue weighted by Crippen LogP contribution is 2.31. The lowest BCUT2D eigenvalue weighted by molar-refractivity contribution is 0.392. The molecule has 3 aromatic rings. The first-order valence-corrected chi connectivity index (χ1v) is 7.65. The number of hydrogen-bond acceptors (Lipinski definition) is 6. The summed E-state index contributed by atoms with van der Waals surface area (Å²) in [5, 5.41) is 5.02. The van der Waals surface area contributed by atoms with Crippen molar-refractivity contribution in [2.24, 2.45) is 5.73 Å². The molecule has 2 N–H and O–H groups in total. The Morgan fingerprint density at radius 2 is 2.19 bits per heavy atom. The normalized spacial score (nSPS) is 11.2. The van der Waals surface area contributed by atoms with Crippen LogP contribution in [0, 0.1) is 13.8 Å². The number of nitrogens with two attached hydrogens (primary N) is 1. The molecule has 0 aliphatic rings. The van der Waals surface area contributed by atoms with E-state index in [-0.39, 0.29) is 0 Å². The summed E-state index contributed by atoms with van der Waals surface area (Å²) in [6.07, 6.45) is 3.19. The summed E-state index contributed by atoms with van der Waals surface area (Å²) in [7, 11) is 0. The van der Waals surface area contributed by atoms with E-state index in [0.717, 1.165) is 51.2 Å². The van der Waals surface area contributed by atoms with Gasteiger partial charge in [-0.25, -0.2) is 4.98 Å². The molecule has 0 saturated carbocycles. The summed E-state index contributed by atoms with van der Waals surface area (Å²) in [6.45, 7) is 4.48. The van der Waals surface area contributed by atoms with Crippen molar-refractivity contribution in [2.45, 2.75) is 26.7 Å². The molecule has 0 saturated heterocycles. The fraction of sp³-hybridized carbons (Fsp3) is 0.333. The summed E-state index contributed by atoms with van der Waals surface area (Å²) in [5.74, 6) is 1.64. The minimum Gasteiger partial charge on any atom is -0.463 e. The third-order valence-electron chi connectivity index (χ3n) is 3.38. The van der Waals surface area contributed by atoms with E-state index >= 15 is 0 Å². The van der Waals surface area contributed by atoms with E-state index in [0.29, 0.717) is 6.54 Å². The lowest BCUT2D eigenvalue weighted by Crippen LogP contribution is -2.01. The molecule has 0 amide bonds. The van der Waals surface area contributed by atoms with Crippen molar-refractivity contribution >= 4 is 11.3 Å². The fourth-order valence-electron chi connectivity index (χ4n) is 2.29. The van der Waals surface area contributed by atoms with Crippen LogP contribution >= 0.6 is 11.3 Å². The van der Waals surface area contributed by atoms with Crippen LogP contribution < -0.4 is 5.73 Å². The molecular weight excluding hydrogens is 286 g/mol. The molecule has 0 spiro atoms. The van der Waals surface area contributed by atoms with Gasteiger partial charge in [-0.05, 0) is 38.9 Å². The average Bonchev–Trinajstić information content (AvgIpc) is 3.16. The van der Waals surface area contributed by atoms with Crippen LogP contribution in [0.3, 0.4) is 0 Å². The van der Waals surface area contributed by atoms with Crippen LogP contribution in [-0.2, 0) is 12.8 Å². The highest BCUT2D eigenvalue weighted by atomic mass is 32.1. The summed E-state index contributed by atoms with van der Waals surface area (Å²) in [6, 6.07) is 3.80. The number of aryl methyl sites for hydroxylation is 2. The SMILES string of the molecule is Cc1noc(C)c1Cc1nc(-c2ccco2)c(CCN)s1. The van der Waals surface area contributed by atoms with Crippen molar-refractivity contribution in [3.63, 3.8) is 0 Å². The van der Waals surface area contributed by atoms with Gasteiger partial charge >= 0.3 is 0 Å². The second-order valence-corrected chi connectivity index (χ2v) is 6.04. The molecule has 3 heterocycles. The Morgan fingerprint density at radius 3 is 2.81 bits per heavy atom. The molecule has 110 valence electrons. The molecule has 0 radical (unpaired) electrons. The van der Waals surface area contributed by atoms with E-state index < -0.39 is 0 Å². The maximum absolute atomic E-state index is 5.70. The van der Waals surface area contributed by atoms with Crippen LogP contribution in [0.1, 0.15) is 26.9 Å². The first kappa shape index (κ1) is 14.0. The van der Waals surface area contributed by atoms with Crippen LogP contribution in [-0.4, -0.2) is 16.7 Å². The van der Waals surface area contributed by atoms with E-state index in [1.807, 2.05) is 26.0 Å². The zero-order valence-corrected chi connectivity index (χ0v) is 12.9. The van der Waals surface area contributed by atoms with Gasteiger partial charge in [0.15, 0.2) is 5.76 Å². The van der Waals surface area contributed by atoms with Crippen molar-refractivity contribution < 1.29 is 8.94 Å². The van der Waals surface area contributed by atoms with E-state index in [1.165, 1.54) is 0 Å². The predicted octanol–water partition coefficient (Wildman–Crippen LogP) is 3.10. The zero-order chi connectivity index (χ0) is 14.8. The predicted molar refractivity (Wildman–Crippen MR) is 81.4 cm³/mol. The molecule has 0 unspecified atom stereocenters. The monoisotopic (exact) mass is 303 g/mol. The largest absolute Gasteiger partial charge is 0.463 e. The molecule has 0 fully saturated rings. The van der Waals surface area contributed by atoms with E-state index in [2.05, 4.69) is 5.16 Å². The van der Waals surface area contributed by atoms with Gasteiger partial charge in [0.2, 0.25) is 0 Å². The van der Waals surface area contributed by atoms with Crippen molar-refractivity contribution in [2.75, 3.05) is 6.54 Å². The van der Waals surface area contributed by atoms with Gasteiger partial charge in [0.05, 0.1) is 17.0 Å². The first-order chi connectivity index (χ1) is 10.2. The quantitative estimate of drug-likeness (QED) is 0.783. The van der Waals surface area contributed by atoms with Crippen molar-refractivity contribution in [1.29, 1.82) is 0 Å². The van der Waals surface area contributed by atoms with Crippen molar-refractivity contribution in [3.05, 3.63) is 45.3 Å². The fourth-order valence-corrected chi connectivity index (χ4v) is 3.39. The van der Waals surface area contributed by atoms with Crippen molar-refractivity contribution in [3.8, 4) is 11.5 Å². The van der Waals surface area contributed by atoms with E-state index in [4.69, 9.17) is 19.7 Å².